The van der Waals surface area contributed by atoms with E-state index in [-0.39, 0.29) is 30.0 Å². The largest absolute Gasteiger partial charge is 0.477 e. The second-order valence-electron chi connectivity index (χ2n) is 5.93. The summed E-state index contributed by atoms with van der Waals surface area (Å²) in [4.78, 5) is 25.5. The summed E-state index contributed by atoms with van der Waals surface area (Å²) in [5, 5.41) is 0. The molecule has 0 bridgehead atoms. The van der Waals surface area contributed by atoms with Gasteiger partial charge in [-0.3, -0.25) is 9.78 Å². The van der Waals surface area contributed by atoms with E-state index in [4.69, 9.17) is 9.47 Å². The van der Waals surface area contributed by atoms with Gasteiger partial charge in [-0.25, -0.2) is 9.97 Å². The SMILES string of the molecule is COc1nccnc1O[C@H]1CCCN(C(=O)c2ccc(C(F)(F)F)nc2)C1. The summed E-state index contributed by atoms with van der Waals surface area (Å²) in [6, 6.07) is 1.93. The van der Waals surface area contributed by atoms with Crippen molar-refractivity contribution < 1.29 is 27.4 Å². The molecular weight excluding hydrogens is 365 g/mol. The maximum absolute atomic E-state index is 12.6. The molecule has 2 aromatic heterocycles. The molecule has 1 amide bonds. The molecule has 0 N–H and O–H groups in total. The molecule has 0 aliphatic carbocycles. The highest BCUT2D eigenvalue weighted by Crippen LogP contribution is 2.28. The number of carbonyl (C=O) groups is 1. The third-order valence-electron chi connectivity index (χ3n) is 4.07. The summed E-state index contributed by atoms with van der Waals surface area (Å²) in [5.74, 6) is 0.0824. The number of rotatable bonds is 4. The van der Waals surface area contributed by atoms with Gasteiger partial charge in [-0.1, -0.05) is 0 Å². The van der Waals surface area contributed by atoms with Crippen molar-refractivity contribution in [2.45, 2.75) is 25.1 Å². The molecule has 7 nitrogen and oxygen atoms in total. The normalized spacial score (nSPS) is 17.5. The number of methoxy groups -OCH3 is 1. The van der Waals surface area contributed by atoms with Gasteiger partial charge >= 0.3 is 6.18 Å². The number of amides is 1. The molecular formula is C17H17F3N4O3. The van der Waals surface area contributed by atoms with Gasteiger partial charge < -0.3 is 14.4 Å². The first-order valence-corrected chi connectivity index (χ1v) is 8.22. The van der Waals surface area contributed by atoms with Crippen molar-refractivity contribution in [1.29, 1.82) is 0 Å². The molecule has 1 aliphatic heterocycles. The number of aromatic nitrogens is 3. The van der Waals surface area contributed by atoms with E-state index in [0.29, 0.717) is 19.4 Å². The summed E-state index contributed by atoms with van der Waals surface area (Å²) in [5.41, 5.74) is -0.936. The average Bonchev–Trinajstić information content (AvgIpc) is 2.67. The zero-order valence-corrected chi connectivity index (χ0v) is 14.4. The summed E-state index contributed by atoms with van der Waals surface area (Å²) < 4.78 is 48.7. The van der Waals surface area contributed by atoms with Crippen molar-refractivity contribution in [3.8, 4) is 11.8 Å². The van der Waals surface area contributed by atoms with Crippen LogP contribution in [0.2, 0.25) is 0 Å². The smallest absolute Gasteiger partial charge is 0.433 e. The zero-order chi connectivity index (χ0) is 19.4. The predicted octanol–water partition coefficient (Wildman–Crippen LogP) is 2.58. The Hall–Kier alpha value is -2.91. The second kappa shape index (κ2) is 7.77. The molecule has 1 fully saturated rings. The molecule has 144 valence electrons. The predicted molar refractivity (Wildman–Crippen MR) is 87.4 cm³/mol. The molecule has 27 heavy (non-hydrogen) atoms. The van der Waals surface area contributed by atoms with Gasteiger partial charge in [0.1, 0.15) is 11.8 Å². The first-order valence-electron chi connectivity index (χ1n) is 8.22. The quantitative estimate of drug-likeness (QED) is 0.809. The van der Waals surface area contributed by atoms with Crippen molar-refractivity contribution in [2.75, 3.05) is 20.2 Å². The molecule has 0 spiro atoms. The Morgan fingerprint density at radius 3 is 2.56 bits per heavy atom. The number of hydrogen-bond donors (Lipinski definition) is 0. The third-order valence-corrected chi connectivity index (χ3v) is 4.07. The highest BCUT2D eigenvalue weighted by Gasteiger charge is 2.33. The van der Waals surface area contributed by atoms with E-state index in [0.717, 1.165) is 18.3 Å². The van der Waals surface area contributed by atoms with Crippen LogP contribution in [0.25, 0.3) is 0 Å². The number of ether oxygens (including phenoxy) is 2. The van der Waals surface area contributed by atoms with E-state index in [1.54, 1.807) is 0 Å². The van der Waals surface area contributed by atoms with Crippen LogP contribution in [0, 0.1) is 0 Å². The summed E-state index contributed by atoms with van der Waals surface area (Å²) in [6.45, 7) is 0.761. The fourth-order valence-electron chi connectivity index (χ4n) is 2.78. The zero-order valence-electron chi connectivity index (χ0n) is 14.4. The lowest BCUT2D eigenvalue weighted by atomic mass is 10.1. The highest BCUT2D eigenvalue weighted by molar-refractivity contribution is 5.94. The Kier molecular flexibility index (Phi) is 5.43. The molecule has 0 saturated carbocycles. The number of halogens is 3. The number of alkyl halides is 3. The lowest BCUT2D eigenvalue weighted by Gasteiger charge is -2.32. The third kappa shape index (κ3) is 4.44. The average molecular weight is 382 g/mol. The molecule has 10 heteroatoms. The fourth-order valence-corrected chi connectivity index (χ4v) is 2.78. The van der Waals surface area contributed by atoms with Gasteiger partial charge in [0.05, 0.1) is 19.2 Å². The van der Waals surface area contributed by atoms with Crippen LogP contribution in [0.1, 0.15) is 28.9 Å². The van der Waals surface area contributed by atoms with E-state index in [1.807, 2.05) is 0 Å². The fraction of sp³-hybridized carbons (Fsp3) is 0.412. The molecule has 0 aromatic carbocycles. The molecule has 0 radical (unpaired) electrons. The Balaban J connectivity index is 1.67. The number of likely N-dealkylation sites (tertiary alicyclic amines) is 1. The van der Waals surface area contributed by atoms with Gasteiger partial charge in [-0.05, 0) is 25.0 Å². The van der Waals surface area contributed by atoms with Crippen LogP contribution in [0.5, 0.6) is 11.8 Å². The van der Waals surface area contributed by atoms with Crippen LogP contribution in [0.15, 0.2) is 30.7 Å². The number of hydrogen-bond acceptors (Lipinski definition) is 6. The minimum absolute atomic E-state index is 0.0979. The van der Waals surface area contributed by atoms with Crippen LogP contribution in [-0.2, 0) is 6.18 Å². The lowest BCUT2D eigenvalue weighted by molar-refractivity contribution is -0.141. The van der Waals surface area contributed by atoms with Crippen LogP contribution in [0.4, 0.5) is 13.2 Å². The highest BCUT2D eigenvalue weighted by atomic mass is 19.4. The minimum Gasteiger partial charge on any atom is -0.477 e. The van der Waals surface area contributed by atoms with Gasteiger partial charge in [0.15, 0.2) is 0 Å². The summed E-state index contributed by atoms with van der Waals surface area (Å²) in [6.07, 6.45) is 0.415. The first kappa shape index (κ1) is 18.9. The van der Waals surface area contributed by atoms with E-state index in [2.05, 4.69) is 15.0 Å². The topological polar surface area (TPSA) is 77.4 Å². The van der Waals surface area contributed by atoms with Crippen LogP contribution >= 0.6 is 0 Å². The van der Waals surface area contributed by atoms with E-state index >= 15 is 0 Å². The van der Waals surface area contributed by atoms with Crippen molar-refractivity contribution in [2.24, 2.45) is 0 Å². The van der Waals surface area contributed by atoms with Gasteiger partial charge in [0.25, 0.3) is 17.7 Å². The first-order chi connectivity index (χ1) is 12.9. The van der Waals surface area contributed by atoms with Crippen molar-refractivity contribution in [3.63, 3.8) is 0 Å². The van der Waals surface area contributed by atoms with Crippen molar-refractivity contribution in [1.82, 2.24) is 19.9 Å². The van der Waals surface area contributed by atoms with Gasteiger partial charge in [0, 0.05) is 25.1 Å². The molecule has 1 aliphatic rings. The van der Waals surface area contributed by atoms with Crippen molar-refractivity contribution >= 4 is 5.91 Å². The second-order valence-corrected chi connectivity index (χ2v) is 5.93. The van der Waals surface area contributed by atoms with Crippen LogP contribution < -0.4 is 9.47 Å². The maximum atomic E-state index is 12.6. The summed E-state index contributed by atoms with van der Waals surface area (Å²) in [7, 11) is 1.45. The van der Waals surface area contributed by atoms with Crippen LogP contribution in [0.3, 0.4) is 0 Å². The van der Waals surface area contributed by atoms with Crippen LogP contribution in [-0.4, -0.2) is 52.1 Å². The standard InChI is InChI=1S/C17H17F3N4O3/c1-26-14-15(22-7-6-21-14)27-12-3-2-8-24(10-12)16(25)11-4-5-13(23-9-11)17(18,19)20/h4-7,9,12H,2-3,8,10H2,1H3/t12-/m0/s1. The Morgan fingerprint density at radius 2 is 1.93 bits per heavy atom. The molecule has 1 saturated heterocycles. The maximum Gasteiger partial charge on any atom is 0.433 e. The van der Waals surface area contributed by atoms with E-state index in [1.165, 1.54) is 24.4 Å². The van der Waals surface area contributed by atoms with E-state index in [9.17, 15) is 18.0 Å². The van der Waals surface area contributed by atoms with E-state index < -0.39 is 17.8 Å². The lowest BCUT2D eigenvalue weighted by Crippen LogP contribution is -2.44. The Bertz CT molecular complexity index is 799. The van der Waals surface area contributed by atoms with Gasteiger partial charge in [-0.2, -0.15) is 13.2 Å². The molecule has 3 heterocycles. The number of piperidine rings is 1. The number of pyridine rings is 1. The van der Waals surface area contributed by atoms with Gasteiger partial charge in [-0.15, -0.1) is 0 Å². The summed E-state index contributed by atoms with van der Waals surface area (Å²) >= 11 is 0. The number of carbonyl (C=O) groups excluding carboxylic acids is 1. The monoisotopic (exact) mass is 382 g/mol. The molecule has 0 unspecified atom stereocenters. The van der Waals surface area contributed by atoms with Crippen molar-refractivity contribution in [3.05, 3.63) is 42.0 Å². The number of nitrogens with zero attached hydrogens (tertiary/aromatic N) is 4. The molecule has 3 rings (SSSR count). The van der Waals surface area contributed by atoms with Gasteiger partial charge in [0.2, 0.25) is 0 Å². The molecule has 1 atom stereocenters. The Morgan fingerprint density at radius 1 is 1.19 bits per heavy atom. The Labute approximate surface area is 153 Å². The minimum atomic E-state index is -4.54. The molecule has 2 aromatic rings.